The Balaban J connectivity index is 1.68. The minimum absolute atomic E-state index is 0.0272. The number of hydrogen-bond donors (Lipinski definition) is 2. The molecule has 1 saturated carbocycles. The Hall–Kier alpha value is -2.04. The van der Waals surface area contributed by atoms with Gasteiger partial charge < -0.3 is 15.4 Å². The van der Waals surface area contributed by atoms with E-state index in [2.05, 4.69) is 10.6 Å². The van der Waals surface area contributed by atoms with Gasteiger partial charge in [-0.1, -0.05) is 25.0 Å². The van der Waals surface area contributed by atoms with E-state index >= 15 is 0 Å². The zero-order chi connectivity index (χ0) is 17.0. The molecular weight excluding hydrogens is 304 g/mol. The van der Waals surface area contributed by atoms with Crippen molar-refractivity contribution in [1.29, 1.82) is 0 Å². The third-order valence-electron chi connectivity index (χ3n) is 5.23. The first-order valence-electron chi connectivity index (χ1n) is 8.86. The molecule has 2 amide bonds. The molecule has 1 aliphatic carbocycles. The molecule has 130 valence electrons. The second kappa shape index (κ2) is 7.24. The third kappa shape index (κ3) is 3.71. The molecule has 1 aliphatic heterocycles. The first kappa shape index (κ1) is 16.8. The predicted molar refractivity (Wildman–Crippen MR) is 91.7 cm³/mol. The van der Waals surface area contributed by atoms with E-state index in [0.29, 0.717) is 12.8 Å². The van der Waals surface area contributed by atoms with Gasteiger partial charge in [-0.15, -0.1) is 0 Å². The Bertz CT molecular complexity index is 591. The van der Waals surface area contributed by atoms with E-state index < -0.39 is 0 Å². The van der Waals surface area contributed by atoms with Crippen LogP contribution in [0.5, 0.6) is 5.75 Å². The summed E-state index contributed by atoms with van der Waals surface area (Å²) in [6.07, 6.45) is 6.85. The number of carbonyl (C=O) groups is 2. The zero-order valence-corrected chi connectivity index (χ0v) is 14.3. The molecule has 2 N–H and O–H groups in total. The maximum Gasteiger partial charge on any atom is 0.222 e. The van der Waals surface area contributed by atoms with Crippen molar-refractivity contribution in [3.8, 4) is 5.75 Å². The lowest BCUT2D eigenvalue weighted by molar-refractivity contribution is -0.126. The summed E-state index contributed by atoms with van der Waals surface area (Å²) in [5.41, 5.74) is 0.865. The fourth-order valence-corrected chi connectivity index (χ4v) is 3.95. The molecule has 1 aromatic rings. The molecule has 3 rings (SSSR count). The van der Waals surface area contributed by atoms with Gasteiger partial charge in [-0.3, -0.25) is 9.59 Å². The third-order valence-corrected chi connectivity index (χ3v) is 5.23. The number of hydrogen-bond acceptors (Lipinski definition) is 3. The van der Waals surface area contributed by atoms with Crippen molar-refractivity contribution in [3.63, 3.8) is 0 Å². The van der Waals surface area contributed by atoms with Crippen LogP contribution in [0.2, 0.25) is 0 Å². The Morgan fingerprint density at radius 2 is 1.96 bits per heavy atom. The highest BCUT2D eigenvalue weighted by Crippen LogP contribution is 2.39. The predicted octanol–water partition coefficient (Wildman–Crippen LogP) is 2.64. The van der Waals surface area contributed by atoms with E-state index in [-0.39, 0.29) is 23.4 Å². The Morgan fingerprint density at radius 3 is 2.58 bits per heavy atom. The van der Waals surface area contributed by atoms with Gasteiger partial charge in [0, 0.05) is 18.9 Å². The average molecular weight is 330 g/mol. The molecule has 0 aromatic heterocycles. The highest BCUT2D eigenvalue weighted by Gasteiger charge is 2.37. The Kier molecular flexibility index (Phi) is 5.07. The summed E-state index contributed by atoms with van der Waals surface area (Å²) >= 11 is 0. The van der Waals surface area contributed by atoms with Crippen molar-refractivity contribution in [2.75, 3.05) is 7.11 Å². The van der Waals surface area contributed by atoms with Crippen LogP contribution in [0.25, 0.3) is 0 Å². The maximum absolute atomic E-state index is 12.6. The lowest BCUT2D eigenvalue weighted by Gasteiger charge is -2.32. The summed E-state index contributed by atoms with van der Waals surface area (Å²) < 4.78 is 5.23. The molecule has 2 aliphatic rings. The summed E-state index contributed by atoms with van der Waals surface area (Å²) in [6, 6.07) is 7.96. The van der Waals surface area contributed by atoms with E-state index in [9.17, 15) is 9.59 Å². The molecule has 5 nitrogen and oxygen atoms in total. The van der Waals surface area contributed by atoms with Crippen LogP contribution in [0.4, 0.5) is 0 Å². The van der Waals surface area contributed by atoms with E-state index in [1.54, 1.807) is 7.11 Å². The second-order valence-corrected chi connectivity index (χ2v) is 6.93. The van der Waals surface area contributed by atoms with Gasteiger partial charge in [-0.25, -0.2) is 0 Å². The van der Waals surface area contributed by atoms with Crippen LogP contribution in [0, 0.1) is 0 Å². The van der Waals surface area contributed by atoms with Crippen LogP contribution >= 0.6 is 0 Å². The van der Waals surface area contributed by atoms with E-state index in [0.717, 1.165) is 49.8 Å². The number of benzene rings is 1. The lowest BCUT2D eigenvalue weighted by atomic mass is 9.87. The van der Waals surface area contributed by atoms with E-state index in [1.165, 1.54) is 0 Å². The Morgan fingerprint density at radius 1 is 1.25 bits per heavy atom. The summed E-state index contributed by atoms with van der Waals surface area (Å²) in [5, 5.41) is 6.20. The highest BCUT2D eigenvalue weighted by molar-refractivity contribution is 5.81. The molecule has 1 aromatic carbocycles. The number of carbonyl (C=O) groups excluding carboxylic acids is 2. The van der Waals surface area contributed by atoms with Gasteiger partial charge in [0.1, 0.15) is 5.75 Å². The lowest BCUT2D eigenvalue weighted by Crippen LogP contribution is -2.47. The fourth-order valence-electron chi connectivity index (χ4n) is 3.95. The molecule has 24 heavy (non-hydrogen) atoms. The van der Waals surface area contributed by atoms with Gasteiger partial charge in [-0.05, 0) is 43.4 Å². The van der Waals surface area contributed by atoms with Crippen LogP contribution < -0.4 is 15.4 Å². The van der Waals surface area contributed by atoms with Crippen LogP contribution in [0.3, 0.4) is 0 Å². The Labute approximate surface area is 143 Å². The second-order valence-electron chi connectivity index (χ2n) is 6.93. The zero-order valence-electron chi connectivity index (χ0n) is 14.3. The van der Waals surface area contributed by atoms with Crippen molar-refractivity contribution < 1.29 is 14.3 Å². The fraction of sp³-hybridized carbons (Fsp3) is 0.579. The SMILES string of the molecule is COc1ccc(C2(NC(=O)CC3CCCC(=O)N3)CCCC2)cc1. The van der Waals surface area contributed by atoms with Gasteiger partial charge in [0.15, 0.2) is 0 Å². The molecule has 5 heteroatoms. The molecule has 1 atom stereocenters. The molecule has 0 spiro atoms. The molecule has 1 heterocycles. The first-order chi connectivity index (χ1) is 11.6. The number of piperidine rings is 1. The van der Waals surface area contributed by atoms with Crippen LogP contribution in [-0.2, 0) is 15.1 Å². The van der Waals surface area contributed by atoms with Gasteiger partial charge in [0.25, 0.3) is 0 Å². The van der Waals surface area contributed by atoms with E-state index in [1.807, 2.05) is 24.3 Å². The average Bonchev–Trinajstić information content (AvgIpc) is 3.04. The number of rotatable bonds is 5. The first-order valence-corrected chi connectivity index (χ1v) is 8.86. The van der Waals surface area contributed by atoms with Gasteiger partial charge in [0.2, 0.25) is 11.8 Å². The van der Waals surface area contributed by atoms with Crippen molar-refractivity contribution in [3.05, 3.63) is 29.8 Å². The quantitative estimate of drug-likeness (QED) is 0.872. The number of methoxy groups -OCH3 is 1. The van der Waals surface area contributed by atoms with Gasteiger partial charge in [0.05, 0.1) is 12.6 Å². The van der Waals surface area contributed by atoms with Crippen LogP contribution in [0.15, 0.2) is 24.3 Å². The topological polar surface area (TPSA) is 67.4 Å². The molecule has 0 bridgehead atoms. The molecule has 1 unspecified atom stereocenters. The molecule has 1 saturated heterocycles. The maximum atomic E-state index is 12.6. The van der Waals surface area contributed by atoms with Gasteiger partial charge in [-0.2, -0.15) is 0 Å². The van der Waals surface area contributed by atoms with Crippen molar-refractivity contribution in [1.82, 2.24) is 10.6 Å². The number of amides is 2. The van der Waals surface area contributed by atoms with Gasteiger partial charge >= 0.3 is 0 Å². The van der Waals surface area contributed by atoms with E-state index in [4.69, 9.17) is 4.74 Å². The standard InChI is InChI=1S/C19H26N2O3/c1-24-16-9-7-14(8-10-16)19(11-2-3-12-19)21-18(23)13-15-5-4-6-17(22)20-15/h7-10,15H,2-6,11-13H2,1H3,(H,20,22)(H,21,23). The minimum Gasteiger partial charge on any atom is -0.497 e. The molecular formula is C19H26N2O3. The largest absolute Gasteiger partial charge is 0.497 e. The molecule has 2 fully saturated rings. The number of ether oxygens (including phenoxy) is 1. The summed E-state index contributed by atoms with van der Waals surface area (Å²) in [6.45, 7) is 0. The van der Waals surface area contributed by atoms with Crippen LogP contribution in [-0.4, -0.2) is 25.0 Å². The number of nitrogens with one attached hydrogen (secondary N) is 2. The summed E-state index contributed by atoms with van der Waals surface area (Å²) in [5.74, 6) is 0.910. The van der Waals surface area contributed by atoms with Crippen molar-refractivity contribution in [2.24, 2.45) is 0 Å². The minimum atomic E-state index is -0.276. The smallest absolute Gasteiger partial charge is 0.222 e. The molecule has 0 radical (unpaired) electrons. The summed E-state index contributed by atoms with van der Waals surface area (Å²) in [4.78, 5) is 24.1. The monoisotopic (exact) mass is 330 g/mol. The van der Waals surface area contributed by atoms with Crippen molar-refractivity contribution >= 4 is 11.8 Å². The summed E-state index contributed by atoms with van der Waals surface area (Å²) in [7, 11) is 1.65. The normalized spacial score (nSPS) is 22.7. The van der Waals surface area contributed by atoms with Crippen molar-refractivity contribution in [2.45, 2.75) is 62.9 Å². The van der Waals surface area contributed by atoms with Crippen LogP contribution in [0.1, 0.15) is 56.9 Å². The highest BCUT2D eigenvalue weighted by atomic mass is 16.5.